The van der Waals surface area contributed by atoms with Gasteiger partial charge in [0.25, 0.3) is 0 Å². The zero-order valence-electron chi connectivity index (χ0n) is 10.9. The number of nitrogens with one attached hydrogen (secondary N) is 1. The van der Waals surface area contributed by atoms with E-state index in [1.54, 1.807) is 0 Å². The summed E-state index contributed by atoms with van der Waals surface area (Å²) in [7, 11) is 0. The van der Waals surface area contributed by atoms with Crippen LogP contribution in [0, 0.1) is 0 Å². The molecule has 0 spiro atoms. The van der Waals surface area contributed by atoms with E-state index in [4.69, 9.17) is 9.47 Å². The Morgan fingerprint density at radius 1 is 1.10 bits per heavy atom. The van der Waals surface area contributed by atoms with Crippen LogP contribution >= 0.6 is 0 Å². The first-order valence-electron chi connectivity index (χ1n) is 6.52. The van der Waals surface area contributed by atoms with E-state index >= 15 is 0 Å². The summed E-state index contributed by atoms with van der Waals surface area (Å²) in [6.07, 6.45) is -0.565. The quantitative estimate of drug-likeness (QED) is 0.928. The van der Waals surface area contributed by atoms with Crippen LogP contribution in [0.1, 0.15) is 17.2 Å². The molecule has 1 amide bonds. The zero-order chi connectivity index (χ0) is 13.8. The number of ether oxygens (including phenoxy) is 2. The third-order valence-electron chi connectivity index (χ3n) is 3.18. The number of hydrogen-bond acceptors (Lipinski definition) is 3. The molecule has 1 unspecified atom stereocenters. The van der Waals surface area contributed by atoms with E-state index in [1.165, 1.54) is 0 Å². The standard InChI is InChI=1S/C16H15NO3/c18-16-17-10-15(20-16)13-6-8-14(9-7-13)19-11-12-4-2-1-3-5-12/h1-9,15H,10-11H2,(H,17,18). The van der Waals surface area contributed by atoms with E-state index in [1.807, 2.05) is 54.6 Å². The molecule has 2 aromatic rings. The number of amides is 1. The molecule has 3 rings (SSSR count). The van der Waals surface area contributed by atoms with E-state index in [-0.39, 0.29) is 12.2 Å². The first kappa shape index (κ1) is 12.5. The number of carbonyl (C=O) groups excluding carboxylic acids is 1. The van der Waals surface area contributed by atoms with Crippen molar-refractivity contribution in [2.45, 2.75) is 12.7 Å². The SMILES string of the molecule is O=C1NCC(c2ccc(OCc3ccccc3)cc2)O1. The average molecular weight is 269 g/mol. The number of carbonyl (C=O) groups is 1. The predicted molar refractivity (Wildman–Crippen MR) is 74.4 cm³/mol. The lowest BCUT2D eigenvalue weighted by Gasteiger charge is -2.10. The van der Waals surface area contributed by atoms with Crippen LogP contribution in [-0.4, -0.2) is 12.6 Å². The molecule has 0 aromatic heterocycles. The Morgan fingerprint density at radius 2 is 1.85 bits per heavy atom. The van der Waals surface area contributed by atoms with Crippen LogP contribution in [0.4, 0.5) is 4.79 Å². The van der Waals surface area contributed by atoms with Gasteiger partial charge in [-0.05, 0) is 23.3 Å². The smallest absolute Gasteiger partial charge is 0.407 e. The van der Waals surface area contributed by atoms with Crippen molar-refractivity contribution in [2.24, 2.45) is 0 Å². The summed E-state index contributed by atoms with van der Waals surface area (Å²) in [6, 6.07) is 17.6. The molecule has 1 atom stereocenters. The highest BCUT2D eigenvalue weighted by Gasteiger charge is 2.23. The van der Waals surface area contributed by atoms with Crippen molar-refractivity contribution >= 4 is 6.09 Å². The second-order valence-electron chi connectivity index (χ2n) is 4.62. The highest BCUT2D eigenvalue weighted by molar-refractivity contribution is 5.69. The topological polar surface area (TPSA) is 47.6 Å². The van der Waals surface area contributed by atoms with Gasteiger partial charge in [0.1, 0.15) is 18.5 Å². The minimum absolute atomic E-state index is 0.203. The molecule has 4 nitrogen and oxygen atoms in total. The highest BCUT2D eigenvalue weighted by atomic mass is 16.6. The third kappa shape index (κ3) is 2.91. The molecule has 4 heteroatoms. The van der Waals surface area contributed by atoms with Crippen LogP contribution in [0.25, 0.3) is 0 Å². The monoisotopic (exact) mass is 269 g/mol. The fourth-order valence-electron chi connectivity index (χ4n) is 2.09. The summed E-state index contributed by atoms with van der Waals surface area (Å²) in [6.45, 7) is 1.06. The van der Waals surface area contributed by atoms with Gasteiger partial charge in [-0.2, -0.15) is 0 Å². The zero-order valence-corrected chi connectivity index (χ0v) is 10.9. The highest BCUT2D eigenvalue weighted by Crippen LogP contribution is 2.23. The summed E-state index contributed by atoms with van der Waals surface area (Å²) in [5.41, 5.74) is 2.10. The molecule has 20 heavy (non-hydrogen) atoms. The molecular weight excluding hydrogens is 254 g/mol. The Kier molecular flexibility index (Phi) is 3.54. The largest absolute Gasteiger partial charge is 0.489 e. The summed E-state index contributed by atoms with van der Waals surface area (Å²) in [4.78, 5) is 11.0. The van der Waals surface area contributed by atoms with Crippen molar-refractivity contribution in [3.05, 3.63) is 65.7 Å². The van der Waals surface area contributed by atoms with Gasteiger partial charge in [0.15, 0.2) is 0 Å². The summed E-state index contributed by atoms with van der Waals surface area (Å²) < 4.78 is 10.8. The van der Waals surface area contributed by atoms with Crippen molar-refractivity contribution in [1.29, 1.82) is 0 Å². The number of alkyl carbamates (subject to hydrolysis) is 1. The number of benzene rings is 2. The number of hydrogen-bond donors (Lipinski definition) is 1. The van der Waals surface area contributed by atoms with Crippen molar-refractivity contribution in [1.82, 2.24) is 5.32 Å². The fourth-order valence-corrected chi connectivity index (χ4v) is 2.09. The molecule has 1 heterocycles. The Balaban J connectivity index is 1.60. The molecular formula is C16H15NO3. The molecule has 102 valence electrons. The molecule has 0 saturated carbocycles. The molecule has 2 aromatic carbocycles. The lowest BCUT2D eigenvalue weighted by Crippen LogP contribution is -2.12. The molecule has 1 N–H and O–H groups in total. The van der Waals surface area contributed by atoms with Crippen LogP contribution in [0.3, 0.4) is 0 Å². The van der Waals surface area contributed by atoms with E-state index in [9.17, 15) is 4.79 Å². The van der Waals surface area contributed by atoms with E-state index in [0.29, 0.717) is 13.2 Å². The van der Waals surface area contributed by atoms with Crippen LogP contribution in [0.5, 0.6) is 5.75 Å². The van der Waals surface area contributed by atoms with Gasteiger partial charge >= 0.3 is 6.09 Å². The van der Waals surface area contributed by atoms with Crippen molar-refractivity contribution in [3.8, 4) is 5.75 Å². The minimum Gasteiger partial charge on any atom is -0.489 e. The number of cyclic esters (lactones) is 1. The van der Waals surface area contributed by atoms with Gasteiger partial charge in [0.05, 0.1) is 6.54 Å². The lowest BCUT2D eigenvalue weighted by atomic mass is 10.1. The van der Waals surface area contributed by atoms with Gasteiger partial charge in [-0.15, -0.1) is 0 Å². The number of rotatable bonds is 4. The first-order valence-corrected chi connectivity index (χ1v) is 6.52. The normalized spacial score (nSPS) is 17.4. The fraction of sp³-hybridized carbons (Fsp3) is 0.188. The van der Waals surface area contributed by atoms with Gasteiger partial charge in [0.2, 0.25) is 0 Å². The van der Waals surface area contributed by atoms with Crippen molar-refractivity contribution < 1.29 is 14.3 Å². The van der Waals surface area contributed by atoms with Gasteiger partial charge in [-0.3, -0.25) is 0 Å². The van der Waals surface area contributed by atoms with Gasteiger partial charge < -0.3 is 14.8 Å². The second kappa shape index (κ2) is 5.65. The van der Waals surface area contributed by atoms with Crippen LogP contribution < -0.4 is 10.1 Å². The maximum Gasteiger partial charge on any atom is 0.407 e. The van der Waals surface area contributed by atoms with E-state index < -0.39 is 0 Å². The predicted octanol–water partition coefficient (Wildman–Crippen LogP) is 3.05. The van der Waals surface area contributed by atoms with Crippen LogP contribution in [-0.2, 0) is 11.3 Å². The Morgan fingerprint density at radius 3 is 2.50 bits per heavy atom. The Bertz CT molecular complexity index is 580. The molecule has 1 aliphatic heterocycles. The van der Waals surface area contributed by atoms with Crippen molar-refractivity contribution in [3.63, 3.8) is 0 Å². The molecule has 0 bridgehead atoms. The average Bonchev–Trinajstić information content (AvgIpc) is 2.93. The van der Waals surface area contributed by atoms with Gasteiger partial charge in [-0.1, -0.05) is 42.5 Å². The molecule has 1 aliphatic rings. The first-order chi connectivity index (χ1) is 9.81. The minimum atomic E-state index is -0.362. The molecule has 1 fully saturated rings. The van der Waals surface area contributed by atoms with E-state index in [0.717, 1.165) is 16.9 Å². The van der Waals surface area contributed by atoms with Gasteiger partial charge in [0, 0.05) is 0 Å². The summed E-state index contributed by atoms with van der Waals surface area (Å²) >= 11 is 0. The van der Waals surface area contributed by atoms with Gasteiger partial charge in [-0.25, -0.2) is 4.79 Å². The summed E-state index contributed by atoms with van der Waals surface area (Å²) in [5.74, 6) is 0.801. The van der Waals surface area contributed by atoms with E-state index in [2.05, 4.69) is 5.32 Å². The molecule has 0 aliphatic carbocycles. The Hall–Kier alpha value is -2.49. The van der Waals surface area contributed by atoms with Crippen molar-refractivity contribution in [2.75, 3.05) is 6.54 Å². The van der Waals surface area contributed by atoms with Crippen LogP contribution in [0.15, 0.2) is 54.6 Å². The van der Waals surface area contributed by atoms with Crippen LogP contribution in [0.2, 0.25) is 0 Å². The maximum atomic E-state index is 11.0. The lowest BCUT2D eigenvalue weighted by molar-refractivity contribution is 0.141. The summed E-state index contributed by atoms with van der Waals surface area (Å²) in [5, 5.41) is 2.64. The Labute approximate surface area is 117 Å². The second-order valence-corrected chi connectivity index (χ2v) is 4.62. The molecule has 0 radical (unpaired) electrons. The molecule has 1 saturated heterocycles. The third-order valence-corrected chi connectivity index (χ3v) is 3.18. The maximum absolute atomic E-state index is 11.0.